The molecule has 0 saturated heterocycles. The molecule has 0 spiro atoms. The lowest BCUT2D eigenvalue weighted by Crippen LogP contribution is -2.48. The van der Waals surface area contributed by atoms with Crippen LogP contribution < -0.4 is 0 Å². The van der Waals surface area contributed by atoms with Crippen LogP contribution in [-0.4, -0.2) is 30.9 Å². The van der Waals surface area contributed by atoms with Gasteiger partial charge in [-0.2, -0.15) is 0 Å². The highest BCUT2D eigenvalue weighted by molar-refractivity contribution is 6.30. The van der Waals surface area contributed by atoms with E-state index in [-0.39, 0.29) is 5.92 Å². The van der Waals surface area contributed by atoms with E-state index in [1.807, 2.05) is 13.8 Å². The molecule has 0 radical (unpaired) electrons. The average molecular weight is 397 g/mol. The summed E-state index contributed by atoms with van der Waals surface area (Å²) >= 11 is 12.0. The summed E-state index contributed by atoms with van der Waals surface area (Å²) < 4.78 is 11.0. The molecule has 140 valence electrons. The number of halogens is 2. The number of carbonyl (C=O) groups is 1. The molecule has 6 heteroatoms. The Morgan fingerprint density at radius 3 is 1.77 bits per heavy atom. The fourth-order valence-electron chi connectivity index (χ4n) is 2.70. The van der Waals surface area contributed by atoms with Crippen LogP contribution in [-0.2, 0) is 19.9 Å². The van der Waals surface area contributed by atoms with E-state index in [2.05, 4.69) is 0 Å². The van der Waals surface area contributed by atoms with E-state index in [1.165, 1.54) is 7.11 Å². The summed E-state index contributed by atoms with van der Waals surface area (Å²) in [4.78, 5) is 12.3. The molecule has 1 atom stereocenters. The topological polar surface area (TPSA) is 55.8 Å². The van der Waals surface area contributed by atoms with Crippen LogP contribution >= 0.6 is 23.2 Å². The first-order valence-corrected chi connectivity index (χ1v) is 8.98. The summed E-state index contributed by atoms with van der Waals surface area (Å²) in [6, 6.07) is 13.6. The summed E-state index contributed by atoms with van der Waals surface area (Å²) in [7, 11) is 1.22. The predicted molar refractivity (Wildman–Crippen MR) is 102 cm³/mol. The fourth-order valence-corrected chi connectivity index (χ4v) is 2.95. The quantitative estimate of drug-likeness (QED) is 0.702. The minimum absolute atomic E-state index is 0.179. The number of aliphatic hydroxyl groups is 1. The average Bonchev–Trinajstić information content (AvgIpc) is 2.63. The zero-order valence-electron chi connectivity index (χ0n) is 14.9. The Balaban J connectivity index is 2.70. The molecule has 1 N–H and O–H groups in total. The van der Waals surface area contributed by atoms with Gasteiger partial charge in [0.1, 0.15) is 0 Å². The predicted octanol–water partition coefficient (Wildman–Crippen LogP) is 4.44. The zero-order valence-corrected chi connectivity index (χ0v) is 16.4. The number of benzene rings is 2. The Labute approximate surface area is 163 Å². The van der Waals surface area contributed by atoms with E-state index in [1.54, 1.807) is 48.5 Å². The maximum Gasteiger partial charge on any atom is 0.338 e. The third kappa shape index (κ3) is 4.38. The van der Waals surface area contributed by atoms with Gasteiger partial charge in [-0.1, -0.05) is 61.3 Å². The number of carbonyl (C=O) groups excluding carboxylic acids is 1. The molecule has 0 amide bonds. The summed E-state index contributed by atoms with van der Waals surface area (Å²) in [5, 5.41) is 12.0. The van der Waals surface area contributed by atoms with Gasteiger partial charge in [0, 0.05) is 10.0 Å². The maximum atomic E-state index is 12.3. The van der Waals surface area contributed by atoms with Crippen LogP contribution in [0.4, 0.5) is 0 Å². The monoisotopic (exact) mass is 396 g/mol. The molecule has 0 aromatic heterocycles. The van der Waals surface area contributed by atoms with Crippen LogP contribution in [0.5, 0.6) is 0 Å². The molecule has 2 rings (SSSR count). The first-order chi connectivity index (χ1) is 12.3. The van der Waals surface area contributed by atoms with Crippen LogP contribution in [0.15, 0.2) is 48.5 Å². The molecule has 0 bridgehead atoms. The van der Waals surface area contributed by atoms with Crippen molar-refractivity contribution in [2.45, 2.75) is 25.6 Å². The molecule has 0 aliphatic rings. The van der Waals surface area contributed by atoms with Gasteiger partial charge in [0.2, 0.25) is 0 Å². The third-order valence-corrected chi connectivity index (χ3v) is 4.50. The van der Waals surface area contributed by atoms with Crippen molar-refractivity contribution < 1.29 is 19.4 Å². The van der Waals surface area contributed by atoms with Crippen LogP contribution in [0.1, 0.15) is 25.0 Å². The standard InChI is InChI=1S/C20H22Cl2O4/c1-13(2)12-26-20(18(23)19(24)25-3,14-4-8-16(21)9-5-14)15-6-10-17(22)11-7-15/h4-11,13,18,23H,12H2,1-3H3/t18-/m1/s1. The molecule has 0 aliphatic heterocycles. The molecule has 0 heterocycles. The lowest BCUT2D eigenvalue weighted by atomic mass is 9.81. The number of hydrogen-bond donors (Lipinski definition) is 1. The minimum Gasteiger partial charge on any atom is -0.467 e. The second-order valence-corrected chi connectivity index (χ2v) is 7.25. The highest BCUT2D eigenvalue weighted by atomic mass is 35.5. The van der Waals surface area contributed by atoms with Crippen LogP contribution in [0, 0.1) is 5.92 Å². The fraction of sp³-hybridized carbons (Fsp3) is 0.350. The molecule has 0 fully saturated rings. The third-order valence-electron chi connectivity index (χ3n) is 4.00. The first kappa shape index (κ1) is 20.7. The second kappa shape index (κ2) is 8.87. The van der Waals surface area contributed by atoms with Crippen molar-refractivity contribution in [3.63, 3.8) is 0 Å². The molecule has 2 aromatic rings. The van der Waals surface area contributed by atoms with Gasteiger partial charge in [0.15, 0.2) is 11.7 Å². The van der Waals surface area contributed by atoms with E-state index in [4.69, 9.17) is 32.7 Å². The number of ether oxygens (including phenoxy) is 2. The van der Waals surface area contributed by atoms with Crippen molar-refractivity contribution in [1.29, 1.82) is 0 Å². The van der Waals surface area contributed by atoms with E-state index < -0.39 is 17.7 Å². The Morgan fingerprint density at radius 2 is 1.42 bits per heavy atom. The van der Waals surface area contributed by atoms with Gasteiger partial charge in [0.05, 0.1) is 13.7 Å². The Morgan fingerprint density at radius 1 is 1.00 bits per heavy atom. The first-order valence-electron chi connectivity index (χ1n) is 8.23. The van der Waals surface area contributed by atoms with Gasteiger partial charge in [-0.25, -0.2) is 4.79 Å². The van der Waals surface area contributed by atoms with Gasteiger partial charge >= 0.3 is 5.97 Å². The van der Waals surface area contributed by atoms with E-state index >= 15 is 0 Å². The van der Waals surface area contributed by atoms with Crippen LogP contribution in [0.2, 0.25) is 10.0 Å². The lowest BCUT2D eigenvalue weighted by Gasteiger charge is -2.38. The van der Waals surface area contributed by atoms with Gasteiger partial charge in [-0.15, -0.1) is 0 Å². The number of esters is 1. The van der Waals surface area contributed by atoms with Crippen molar-refractivity contribution in [1.82, 2.24) is 0 Å². The SMILES string of the molecule is COC(=O)[C@@H](O)C(OCC(C)C)(c1ccc(Cl)cc1)c1ccc(Cl)cc1. The summed E-state index contributed by atoms with van der Waals surface area (Å²) in [6.07, 6.45) is -1.58. The van der Waals surface area contributed by atoms with Crippen LogP contribution in [0.25, 0.3) is 0 Å². The summed E-state index contributed by atoms with van der Waals surface area (Å²) in [5.74, 6) is -0.613. The molecule has 4 nitrogen and oxygen atoms in total. The molecule has 0 saturated carbocycles. The molecule has 2 aromatic carbocycles. The Kier molecular flexibility index (Phi) is 7.07. The highest BCUT2D eigenvalue weighted by Gasteiger charge is 2.47. The van der Waals surface area contributed by atoms with Gasteiger partial charge in [-0.3, -0.25) is 0 Å². The summed E-state index contributed by atoms with van der Waals surface area (Å²) in [5.41, 5.74) is -0.280. The molecular formula is C20H22Cl2O4. The molecular weight excluding hydrogens is 375 g/mol. The van der Waals surface area contributed by atoms with Gasteiger partial charge in [0.25, 0.3) is 0 Å². The second-order valence-electron chi connectivity index (χ2n) is 6.38. The van der Waals surface area contributed by atoms with E-state index in [9.17, 15) is 9.90 Å². The molecule has 0 aliphatic carbocycles. The van der Waals surface area contributed by atoms with Crippen molar-refractivity contribution in [2.24, 2.45) is 5.92 Å². The van der Waals surface area contributed by atoms with Gasteiger partial charge in [-0.05, 0) is 41.3 Å². The number of rotatable bonds is 7. The Bertz CT molecular complexity index is 681. The van der Waals surface area contributed by atoms with Gasteiger partial charge < -0.3 is 14.6 Å². The zero-order chi connectivity index (χ0) is 19.3. The smallest absolute Gasteiger partial charge is 0.338 e. The van der Waals surface area contributed by atoms with Crippen molar-refractivity contribution in [2.75, 3.05) is 13.7 Å². The van der Waals surface area contributed by atoms with E-state index in [0.29, 0.717) is 27.8 Å². The number of methoxy groups -OCH3 is 1. The molecule has 0 unspecified atom stereocenters. The summed E-state index contributed by atoms with van der Waals surface area (Å²) in [6.45, 7) is 4.29. The van der Waals surface area contributed by atoms with Crippen molar-refractivity contribution >= 4 is 29.2 Å². The Hall–Kier alpha value is -1.59. The molecule has 26 heavy (non-hydrogen) atoms. The normalized spacial score (nSPS) is 12.9. The van der Waals surface area contributed by atoms with Crippen molar-refractivity contribution in [3.05, 3.63) is 69.7 Å². The lowest BCUT2D eigenvalue weighted by molar-refractivity contribution is -0.172. The highest BCUT2D eigenvalue weighted by Crippen LogP contribution is 2.39. The maximum absolute atomic E-state index is 12.3. The van der Waals surface area contributed by atoms with Crippen molar-refractivity contribution in [3.8, 4) is 0 Å². The number of aliphatic hydroxyl groups excluding tert-OH is 1. The van der Waals surface area contributed by atoms with Crippen LogP contribution in [0.3, 0.4) is 0 Å². The number of hydrogen-bond acceptors (Lipinski definition) is 4. The van der Waals surface area contributed by atoms with E-state index in [0.717, 1.165) is 0 Å². The largest absolute Gasteiger partial charge is 0.467 e. The minimum atomic E-state index is -1.58.